The Balaban J connectivity index is 1.57. The second-order valence-corrected chi connectivity index (χ2v) is 6.78. The molecule has 3 aromatic rings. The molecule has 27 heavy (non-hydrogen) atoms. The Labute approximate surface area is 158 Å². The lowest BCUT2D eigenvalue weighted by molar-refractivity contribution is 0.1000. The summed E-state index contributed by atoms with van der Waals surface area (Å²) in [6.45, 7) is 2.06. The van der Waals surface area contributed by atoms with Gasteiger partial charge in [-0.25, -0.2) is 0 Å². The van der Waals surface area contributed by atoms with Crippen molar-refractivity contribution < 1.29 is 14.3 Å². The van der Waals surface area contributed by atoms with E-state index in [9.17, 15) is 4.79 Å². The van der Waals surface area contributed by atoms with Gasteiger partial charge in [-0.3, -0.25) is 4.79 Å². The van der Waals surface area contributed by atoms with Gasteiger partial charge >= 0.3 is 0 Å². The molecular weight excluding hydrogens is 338 g/mol. The summed E-state index contributed by atoms with van der Waals surface area (Å²) in [5.74, 6) is 1.80. The third-order valence-corrected chi connectivity index (χ3v) is 4.82. The van der Waals surface area contributed by atoms with Crippen LogP contribution in [0.25, 0.3) is 0 Å². The summed E-state index contributed by atoms with van der Waals surface area (Å²) in [5.41, 5.74) is 9.30. The van der Waals surface area contributed by atoms with Crippen molar-refractivity contribution in [3.8, 4) is 17.2 Å². The molecule has 0 aromatic heterocycles. The number of fused-ring (bicyclic) bond motifs is 1. The first-order valence-electron chi connectivity index (χ1n) is 9.03. The average molecular weight is 359 g/mol. The zero-order valence-electron chi connectivity index (χ0n) is 15.1. The fourth-order valence-electron chi connectivity index (χ4n) is 3.42. The maximum absolute atomic E-state index is 11.4. The molecule has 0 bridgehead atoms. The lowest BCUT2D eigenvalue weighted by Crippen LogP contribution is -2.10. The van der Waals surface area contributed by atoms with E-state index in [4.69, 9.17) is 15.2 Å². The minimum atomic E-state index is -0.467. The van der Waals surface area contributed by atoms with Crippen LogP contribution in [-0.2, 0) is 6.42 Å². The Bertz CT molecular complexity index is 979. The summed E-state index contributed by atoms with van der Waals surface area (Å²) in [5, 5.41) is 0. The van der Waals surface area contributed by atoms with E-state index in [1.165, 1.54) is 5.56 Å². The first-order valence-corrected chi connectivity index (χ1v) is 9.03. The molecule has 2 N–H and O–H groups in total. The van der Waals surface area contributed by atoms with Crippen molar-refractivity contribution in [3.63, 3.8) is 0 Å². The van der Waals surface area contributed by atoms with Gasteiger partial charge in [-0.15, -0.1) is 0 Å². The number of aryl methyl sites for hydroxylation is 1. The van der Waals surface area contributed by atoms with E-state index in [0.29, 0.717) is 11.3 Å². The molecule has 0 aliphatic heterocycles. The standard InChI is InChI=1S/C23H21NO3/c1-15-8-10-17(11-9-15)26-22-13-12-20-19(22)6-3-7-21(20)27-18-5-2-4-16(14-18)23(24)25/h2-11,14,22H,12-13H2,1H3,(H2,24,25)/t22-/m1/s1. The number of primary amides is 1. The zero-order valence-corrected chi connectivity index (χ0v) is 15.1. The third kappa shape index (κ3) is 3.65. The van der Waals surface area contributed by atoms with Gasteiger partial charge < -0.3 is 15.2 Å². The van der Waals surface area contributed by atoms with E-state index >= 15 is 0 Å². The Morgan fingerprint density at radius 2 is 1.78 bits per heavy atom. The smallest absolute Gasteiger partial charge is 0.248 e. The summed E-state index contributed by atoms with van der Waals surface area (Å²) in [6, 6.07) is 21.1. The molecule has 1 aliphatic carbocycles. The summed E-state index contributed by atoms with van der Waals surface area (Å²) in [4.78, 5) is 11.4. The Morgan fingerprint density at radius 3 is 2.56 bits per heavy atom. The summed E-state index contributed by atoms with van der Waals surface area (Å²) >= 11 is 0. The van der Waals surface area contributed by atoms with Crippen LogP contribution in [0.1, 0.15) is 39.6 Å². The van der Waals surface area contributed by atoms with Crippen molar-refractivity contribution in [2.24, 2.45) is 5.73 Å². The molecule has 0 unspecified atom stereocenters. The number of benzene rings is 3. The summed E-state index contributed by atoms with van der Waals surface area (Å²) in [7, 11) is 0. The van der Waals surface area contributed by atoms with E-state index in [1.807, 2.05) is 30.3 Å². The monoisotopic (exact) mass is 359 g/mol. The Hall–Kier alpha value is -3.27. The van der Waals surface area contributed by atoms with E-state index in [1.54, 1.807) is 18.2 Å². The molecule has 136 valence electrons. The van der Waals surface area contributed by atoms with Crippen LogP contribution in [0.15, 0.2) is 66.7 Å². The predicted molar refractivity (Wildman–Crippen MR) is 104 cm³/mol. The van der Waals surface area contributed by atoms with Crippen molar-refractivity contribution in [1.82, 2.24) is 0 Å². The number of nitrogens with two attached hydrogens (primary N) is 1. The quantitative estimate of drug-likeness (QED) is 0.701. The summed E-state index contributed by atoms with van der Waals surface area (Å²) in [6.07, 6.45) is 1.81. The Kier molecular flexibility index (Phi) is 4.55. The van der Waals surface area contributed by atoms with Gasteiger partial charge in [0.15, 0.2) is 0 Å². The first kappa shape index (κ1) is 17.2. The molecule has 0 radical (unpaired) electrons. The highest BCUT2D eigenvalue weighted by molar-refractivity contribution is 5.93. The number of carbonyl (C=O) groups is 1. The van der Waals surface area contributed by atoms with Crippen LogP contribution >= 0.6 is 0 Å². The highest BCUT2D eigenvalue weighted by atomic mass is 16.5. The third-order valence-electron chi connectivity index (χ3n) is 4.82. The second kappa shape index (κ2) is 7.16. The van der Waals surface area contributed by atoms with E-state index < -0.39 is 5.91 Å². The van der Waals surface area contributed by atoms with Crippen LogP contribution in [0.5, 0.6) is 17.2 Å². The van der Waals surface area contributed by atoms with Gasteiger partial charge in [0.2, 0.25) is 5.91 Å². The van der Waals surface area contributed by atoms with Crippen LogP contribution in [-0.4, -0.2) is 5.91 Å². The number of carbonyl (C=O) groups excluding carboxylic acids is 1. The van der Waals surface area contributed by atoms with Crippen molar-refractivity contribution >= 4 is 5.91 Å². The van der Waals surface area contributed by atoms with Gasteiger partial charge in [0.25, 0.3) is 0 Å². The molecular formula is C23H21NO3. The maximum Gasteiger partial charge on any atom is 0.248 e. The van der Waals surface area contributed by atoms with Crippen molar-refractivity contribution in [2.75, 3.05) is 0 Å². The first-order chi connectivity index (χ1) is 13.1. The average Bonchev–Trinajstić information content (AvgIpc) is 3.08. The fraction of sp³-hybridized carbons (Fsp3) is 0.174. The lowest BCUT2D eigenvalue weighted by atomic mass is 10.1. The number of rotatable bonds is 5. The molecule has 1 amide bonds. The zero-order chi connectivity index (χ0) is 18.8. The molecule has 1 atom stereocenters. The van der Waals surface area contributed by atoms with E-state index in [0.717, 1.165) is 35.5 Å². The van der Waals surface area contributed by atoms with Gasteiger partial charge in [-0.1, -0.05) is 35.9 Å². The van der Waals surface area contributed by atoms with Crippen molar-refractivity contribution in [2.45, 2.75) is 25.9 Å². The van der Waals surface area contributed by atoms with Crippen molar-refractivity contribution in [1.29, 1.82) is 0 Å². The largest absolute Gasteiger partial charge is 0.486 e. The fourth-order valence-corrected chi connectivity index (χ4v) is 3.42. The highest BCUT2D eigenvalue weighted by Gasteiger charge is 2.27. The number of hydrogen-bond acceptors (Lipinski definition) is 3. The topological polar surface area (TPSA) is 61.6 Å². The maximum atomic E-state index is 11.4. The minimum absolute atomic E-state index is 0.0169. The molecule has 4 heteroatoms. The molecule has 1 aliphatic rings. The van der Waals surface area contributed by atoms with Crippen LogP contribution < -0.4 is 15.2 Å². The van der Waals surface area contributed by atoms with Gasteiger partial charge in [0.05, 0.1) is 0 Å². The normalized spacial score (nSPS) is 15.2. The Morgan fingerprint density at radius 1 is 1.00 bits per heavy atom. The van der Waals surface area contributed by atoms with Crippen molar-refractivity contribution in [3.05, 3.63) is 89.0 Å². The minimum Gasteiger partial charge on any atom is -0.486 e. The van der Waals surface area contributed by atoms with Gasteiger partial charge in [-0.2, -0.15) is 0 Å². The number of amides is 1. The molecule has 0 saturated carbocycles. The number of ether oxygens (including phenoxy) is 2. The van der Waals surface area contributed by atoms with Crippen LogP contribution in [0.3, 0.4) is 0 Å². The molecule has 0 heterocycles. The molecule has 0 fully saturated rings. The molecule has 3 aromatic carbocycles. The second-order valence-electron chi connectivity index (χ2n) is 6.78. The van der Waals surface area contributed by atoms with Crippen LogP contribution in [0.4, 0.5) is 0 Å². The molecule has 0 spiro atoms. The SMILES string of the molecule is Cc1ccc(O[C@@H]2CCc3c(Oc4cccc(C(N)=O)c4)cccc32)cc1. The predicted octanol–water partition coefficient (Wildman–Crippen LogP) is 4.95. The van der Waals surface area contributed by atoms with E-state index in [-0.39, 0.29) is 6.10 Å². The molecule has 4 nitrogen and oxygen atoms in total. The highest BCUT2D eigenvalue weighted by Crippen LogP contribution is 2.40. The number of hydrogen-bond donors (Lipinski definition) is 1. The van der Waals surface area contributed by atoms with Gasteiger partial charge in [0.1, 0.15) is 23.4 Å². The molecule has 0 saturated heterocycles. The van der Waals surface area contributed by atoms with Gasteiger partial charge in [0, 0.05) is 11.1 Å². The van der Waals surface area contributed by atoms with Crippen LogP contribution in [0, 0.1) is 6.92 Å². The van der Waals surface area contributed by atoms with E-state index in [2.05, 4.69) is 25.1 Å². The lowest BCUT2D eigenvalue weighted by Gasteiger charge is -2.16. The summed E-state index contributed by atoms with van der Waals surface area (Å²) < 4.78 is 12.3. The van der Waals surface area contributed by atoms with Gasteiger partial charge in [-0.05, 0) is 61.7 Å². The van der Waals surface area contributed by atoms with Crippen LogP contribution in [0.2, 0.25) is 0 Å². The molecule has 4 rings (SSSR count).